The van der Waals surface area contributed by atoms with Crippen LogP contribution in [-0.4, -0.2) is 57.0 Å². The van der Waals surface area contributed by atoms with Gasteiger partial charge in [-0.15, -0.1) is 0 Å². The van der Waals surface area contributed by atoms with Crippen molar-refractivity contribution in [1.82, 2.24) is 20.0 Å². The Kier molecular flexibility index (Phi) is 5.59. The molecule has 0 radical (unpaired) electrons. The lowest BCUT2D eigenvalue weighted by atomic mass is 9.69. The van der Waals surface area contributed by atoms with Crippen molar-refractivity contribution in [2.45, 2.75) is 89.6 Å². The van der Waals surface area contributed by atoms with Crippen LogP contribution >= 0.6 is 0 Å². The normalized spacial score (nSPS) is 32.2. The molecule has 0 spiro atoms. The summed E-state index contributed by atoms with van der Waals surface area (Å²) in [6, 6.07) is 2.56. The number of likely N-dealkylation sites (tertiary alicyclic amines) is 1. The number of aryl methyl sites for hydroxylation is 1. The van der Waals surface area contributed by atoms with E-state index in [2.05, 4.69) is 26.9 Å². The Labute approximate surface area is 179 Å². The lowest BCUT2D eigenvalue weighted by Crippen LogP contribution is -2.65. The molecule has 164 valence electrons. The maximum absolute atomic E-state index is 13.2. The van der Waals surface area contributed by atoms with Crippen LogP contribution in [-0.2, 0) is 11.2 Å². The van der Waals surface area contributed by atoms with Gasteiger partial charge in [0.25, 0.3) is 5.91 Å². The molecule has 30 heavy (non-hydrogen) atoms. The highest BCUT2D eigenvalue weighted by molar-refractivity contribution is 5.92. The van der Waals surface area contributed by atoms with Crippen LogP contribution < -0.4 is 0 Å². The number of amides is 2. The monoisotopic (exact) mass is 412 g/mol. The molecule has 5 rings (SSSR count). The van der Waals surface area contributed by atoms with Gasteiger partial charge in [-0.3, -0.25) is 14.7 Å². The van der Waals surface area contributed by atoms with E-state index < -0.39 is 0 Å². The van der Waals surface area contributed by atoms with Crippen LogP contribution in [0.2, 0.25) is 0 Å². The lowest BCUT2D eigenvalue weighted by molar-refractivity contribution is -0.153. The number of carbonyl (C=O) groups excluding carboxylic acids is 2. The van der Waals surface area contributed by atoms with Crippen molar-refractivity contribution in [3.8, 4) is 0 Å². The zero-order valence-corrected chi connectivity index (χ0v) is 18.3. The van der Waals surface area contributed by atoms with Crippen LogP contribution in [0.1, 0.15) is 87.3 Å². The Morgan fingerprint density at radius 3 is 2.70 bits per heavy atom. The van der Waals surface area contributed by atoms with Crippen LogP contribution in [0.25, 0.3) is 0 Å². The van der Waals surface area contributed by atoms with Crippen LogP contribution in [0.5, 0.6) is 0 Å². The number of aromatic amines is 1. The SMILES string of the molecule is CCc1cc(C(=O)N2C[C@H]3C[C@@H](C2)[C@H](CC2CCCCC2)N2C(=O)CCC[C@@H]32)n[nH]1. The van der Waals surface area contributed by atoms with Crippen molar-refractivity contribution in [1.29, 1.82) is 0 Å². The predicted molar refractivity (Wildman–Crippen MR) is 115 cm³/mol. The van der Waals surface area contributed by atoms with Gasteiger partial charge in [-0.1, -0.05) is 39.0 Å². The molecule has 4 fully saturated rings. The molecule has 0 aromatic carbocycles. The topological polar surface area (TPSA) is 69.3 Å². The van der Waals surface area contributed by atoms with Crippen molar-refractivity contribution in [2.24, 2.45) is 17.8 Å². The number of aromatic nitrogens is 2. The molecule has 0 unspecified atom stereocenters. The number of hydrogen-bond acceptors (Lipinski definition) is 3. The average molecular weight is 413 g/mol. The molecular weight excluding hydrogens is 376 g/mol. The van der Waals surface area contributed by atoms with E-state index in [1.54, 1.807) is 0 Å². The van der Waals surface area contributed by atoms with Gasteiger partial charge in [0, 0.05) is 37.3 Å². The fourth-order valence-electron chi connectivity index (χ4n) is 6.82. The molecule has 1 saturated carbocycles. The molecule has 4 atom stereocenters. The van der Waals surface area contributed by atoms with E-state index >= 15 is 0 Å². The van der Waals surface area contributed by atoms with E-state index in [1.165, 1.54) is 38.5 Å². The van der Waals surface area contributed by atoms with Crippen molar-refractivity contribution in [3.63, 3.8) is 0 Å². The number of nitrogens with one attached hydrogen (secondary N) is 1. The van der Waals surface area contributed by atoms with Crippen molar-refractivity contribution >= 4 is 11.8 Å². The molecule has 4 heterocycles. The molecule has 6 nitrogen and oxygen atoms in total. The fourth-order valence-corrected chi connectivity index (χ4v) is 6.82. The third-order valence-corrected chi connectivity index (χ3v) is 8.31. The molecular formula is C24H36N4O2. The largest absolute Gasteiger partial charge is 0.337 e. The summed E-state index contributed by atoms with van der Waals surface area (Å²) in [4.78, 5) is 30.6. The first-order valence-corrected chi connectivity index (χ1v) is 12.3. The second-order valence-electron chi connectivity index (χ2n) is 10.2. The van der Waals surface area contributed by atoms with E-state index in [9.17, 15) is 9.59 Å². The first-order valence-electron chi connectivity index (χ1n) is 12.3. The summed E-state index contributed by atoms with van der Waals surface area (Å²) in [6.45, 7) is 3.61. The molecule has 1 N–H and O–H groups in total. The number of fused-ring (bicyclic) bond motifs is 4. The maximum Gasteiger partial charge on any atom is 0.274 e. The fraction of sp³-hybridized carbons (Fsp3) is 0.792. The summed E-state index contributed by atoms with van der Waals surface area (Å²) < 4.78 is 0. The van der Waals surface area contributed by atoms with Gasteiger partial charge >= 0.3 is 0 Å². The van der Waals surface area contributed by atoms with E-state index in [0.717, 1.165) is 50.4 Å². The summed E-state index contributed by atoms with van der Waals surface area (Å²) >= 11 is 0. The van der Waals surface area contributed by atoms with Crippen LogP contribution in [0, 0.1) is 17.8 Å². The summed E-state index contributed by atoms with van der Waals surface area (Å²) in [5.41, 5.74) is 1.56. The van der Waals surface area contributed by atoms with Crippen LogP contribution in [0.15, 0.2) is 6.07 Å². The zero-order chi connectivity index (χ0) is 20.7. The molecule has 1 aromatic rings. The highest BCUT2D eigenvalue weighted by atomic mass is 16.2. The minimum Gasteiger partial charge on any atom is -0.337 e. The Morgan fingerprint density at radius 1 is 1.13 bits per heavy atom. The Balaban J connectivity index is 1.38. The Morgan fingerprint density at radius 2 is 1.93 bits per heavy atom. The average Bonchev–Trinajstić information content (AvgIpc) is 3.26. The molecule has 3 aliphatic heterocycles. The molecule has 2 bridgehead atoms. The molecule has 6 heteroatoms. The standard InChI is InChI=1S/C24H36N4O2/c1-2-19-13-20(26-25-19)24(30)27-14-17-12-18(15-27)22(11-16-7-4-3-5-8-16)28-21(17)9-6-10-23(28)29/h13,16-18,21-22H,2-12,14-15H2,1H3,(H,25,26)/t17-,18+,21+,22+/m1/s1. The smallest absolute Gasteiger partial charge is 0.274 e. The number of nitrogens with zero attached hydrogens (tertiary/aromatic N) is 3. The van der Waals surface area contributed by atoms with E-state index in [-0.39, 0.29) is 5.91 Å². The summed E-state index contributed by atoms with van der Waals surface area (Å²) in [5.74, 6) is 2.02. The van der Waals surface area contributed by atoms with E-state index in [1.807, 2.05) is 6.07 Å². The Hall–Kier alpha value is -1.85. The number of H-pyrrole nitrogens is 1. The third kappa shape index (κ3) is 3.67. The van der Waals surface area contributed by atoms with E-state index in [4.69, 9.17) is 0 Å². The van der Waals surface area contributed by atoms with Crippen molar-refractivity contribution in [3.05, 3.63) is 17.5 Å². The number of carbonyl (C=O) groups is 2. The second-order valence-corrected chi connectivity index (χ2v) is 10.2. The molecule has 4 aliphatic rings. The van der Waals surface area contributed by atoms with Gasteiger partial charge in [-0.2, -0.15) is 5.10 Å². The lowest BCUT2D eigenvalue weighted by Gasteiger charge is -2.57. The van der Waals surface area contributed by atoms with Gasteiger partial charge in [0.15, 0.2) is 0 Å². The molecule has 1 aromatic heterocycles. The van der Waals surface area contributed by atoms with Gasteiger partial charge < -0.3 is 9.80 Å². The third-order valence-electron chi connectivity index (χ3n) is 8.31. The highest BCUT2D eigenvalue weighted by Gasteiger charge is 2.50. The van der Waals surface area contributed by atoms with E-state index in [0.29, 0.717) is 41.9 Å². The summed E-state index contributed by atoms with van der Waals surface area (Å²) in [5, 5.41) is 7.27. The summed E-state index contributed by atoms with van der Waals surface area (Å²) in [7, 11) is 0. The molecule has 3 saturated heterocycles. The maximum atomic E-state index is 13.2. The minimum atomic E-state index is 0.0626. The molecule has 1 aliphatic carbocycles. The number of piperidine rings is 3. The van der Waals surface area contributed by atoms with Gasteiger partial charge in [0.2, 0.25) is 5.91 Å². The quantitative estimate of drug-likeness (QED) is 0.818. The van der Waals surface area contributed by atoms with Crippen LogP contribution in [0.3, 0.4) is 0 Å². The summed E-state index contributed by atoms with van der Waals surface area (Å²) in [6.07, 6.45) is 12.7. The van der Waals surface area contributed by atoms with Gasteiger partial charge in [0.05, 0.1) is 0 Å². The number of rotatable bonds is 4. The minimum absolute atomic E-state index is 0.0626. The first kappa shape index (κ1) is 20.1. The predicted octanol–water partition coefficient (Wildman–Crippen LogP) is 3.78. The first-order chi connectivity index (χ1) is 14.6. The van der Waals surface area contributed by atoms with Crippen molar-refractivity contribution in [2.75, 3.05) is 13.1 Å². The number of hydrogen-bond donors (Lipinski definition) is 1. The van der Waals surface area contributed by atoms with Crippen LogP contribution in [0.4, 0.5) is 0 Å². The van der Waals surface area contributed by atoms with Gasteiger partial charge in [-0.05, 0) is 55.9 Å². The van der Waals surface area contributed by atoms with Gasteiger partial charge in [0.1, 0.15) is 5.69 Å². The Bertz CT molecular complexity index is 784. The zero-order valence-electron chi connectivity index (χ0n) is 18.3. The molecule has 2 amide bonds. The highest BCUT2D eigenvalue weighted by Crippen LogP contribution is 2.44. The van der Waals surface area contributed by atoms with Gasteiger partial charge in [-0.25, -0.2) is 0 Å². The van der Waals surface area contributed by atoms with Crippen molar-refractivity contribution < 1.29 is 9.59 Å². The second kappa shape index (κ2) is 8.35.